The van der Waals surface area contributed by atoms with Gasteiger partial charge in [0.1, 0.15) is 12.1 Å². The van der Waals surface area contributed by atoms with E-state index in [0.29, 0.717) is 0 Å². The minimum Gasteiger partial charge on any atom is -0.348 e. The van der Waals surface area contributed by atoms with Crippen molar-refractivity contribution in [3.05, 3.63) is 77.4 Å². The van der Waals surface area contributed by atoms with Gasteiger partial charge in [0.25, 0.3) is 0 Å². The van der Waals surface area contributed by atoms with Crippen molar-refractivity contribution in [2.75, 3.05) is 5.32 Å². The monoisotopic (exact) mass is 308 g/mol. The first-order chi connectivity index (χ1) is 11.2. The summed E-state index contributed by atoms with van der Waals surface area (Å²) < 4.78 is 15.5. The van der Waals surface area contributed by atoms with E-state index in [9.17, 15) is 4.39 Å². The van der Waals surface area contributed by atoms with Crippen LogP contribution in [0.2, 0.25) is 0 Å². The maximum atomic E-state index is 13.6. The lowest BCUT2D eigenvalue weighted by molar-refractivity contribution is 0.429. The lowest BCUT2D eigenvalue weighted by Gasteiger charge is -2.31. The van der Waals surface area contributed by atoms with Crippen molar-refractivity contribution in [3.63, 3.8) is 0 Å². The van der Waals surface area contributed by atoms with E-state index in [-0.39, 0.29) is 17.9 Å². The van der Waals surface area contributed by atoms with Gasteiger partial charge in [-0.25, -0.2) is 9.07 Å². The Morgan fingerprint density at radius 2 is 1.96 bits per heavy atom. The van der Waals surface area contributed by atoms with E-state index < -0.39 is 0 Å². The first-order valence-corrected chi connectivity index (χ1v) is 7.69. The first-order valence-electron chi connectivity index (χ1n) is 7.69. The normalized spacial score (nSPS) is 19.9. The minimum atomic E-state index is -0.227. The van der Waals surface area contributed by atoms with Gasteiger partial charge < -0.3 is 5.32 Å². The molecule has 0 aliphatic carbocycles. The van der Waals surface area contributed by atoms with E-state index in [0.717, 1.165) is 17.9 Å². The molecule has 23 heavy (non-hydrogen) atoms. The molecule has 1 aliphatic rings. The molecule has 0 bridgehead atoms. The van der Waals surface area contributed by atoms with E-state index in [1.54, 1.807) is 12.1 Å². The van der Waals surface area contributed by atoms with Crippen LogP contribution >= 0.6 is 0 Å². The zero-order valence-corrected chi connectivity index (χ0v) is 12.8. The number of anilines is 1. The summed E-state index contributed by atoms with van der Waals surface area (Å²) in [4.78, 5) is 4.30. The SMILES string of the molecule is Cc1ccc(C2CC(c3cccc(F)c3)n3ncnc3N2)cc1. The van der Waals surface area contributed by atoms with Gasteiger partial charge in [-0.2, -0.15) is 10.1 Å². The Kier molecular flexibility index (Phi) is 3.33. The third-order valence-corrected chi connectivity index (χ3v) is 4.34. The molecule has 0 amide bonds. The lowest BCUT2D eigenvalue weighted by Crippen LogP contribution is -2.28. The van der Waals surface area contributed by atoms with E-state index in [1.807, 2.05) is 10.7 Å². The number of aryl methyl sites for hydroxylation is 1. The van der Waals surface area contributed by atoms with E-state index in [4.69, 9.17) is 0 Å². The van der Waals surface area contributed by atoms with Crippen LogP contribution in [0.3, 0.4) is 0 Å². The highest BCUT2D eigenvalue weighted by atomic mass is 19.1. The van der Waals surface area contributed by atoms with Crippen molar-refractivity contribution in [1.82, 2.24) is 14.8 Å². The van der Waals surface area contributed by atoms with Crippen LogP contribution in [0.25, 0.3) is 0 Å². The number of rotatable bonds is 2. The van der Waals surface area contributed by atoms with Crippen LogP contribution in [0.5, 0.6) is 0 Å². The van der Waals surface area contributed by atoms with Gasteiger partial charge in [-0.3, -0.25) is 0 Å². The first kappa shape index (κ1) is 13.9. The van der Waals surface area contributed by atoms with Crippen molar-refractivity contribution in [2.24, 2.45) is 0 Å². The van der Waals surface area contributed by atoms with Crippen LogP contribution in [-0.4, -0.2) is 14.8 Å². The topological polar surface area (TPSA) is 42.7 Å². The molecule has 1 aromatic heterocycles. The second kappa shape index (κ2) is 5.50. The van der Waals surface area contributed by atoms with Gasteiger partial charge in [-0.05, 0) is 36.6 Å². The number of benzene rings is 2. The smallest absolute Gasteiger partial charge is 0.222 e. The van der Waals surface area contributed by atoms with Crippen molar-refractivity contribution in [3.8, 4) is 0 Å². The summed E-state index contributed by atoms with van der Waals surface area (Å²) in [5.74, 6) is 0.491. The molecule has 4 rings (SSSR count). The molecule has 2 aromatic carbocycles. The molecule has 0 saturated carbocycles. The summed E-state index contributed by atoms with van der Waals surface area (Å²) in [7, 11) is 0. The van der Waals surface area contributed by atoms with Gasteiger partial charge in [-0.1, -0.05) is 42.0 Å². The quantitative estimate of drug-likeness (QED) is 0.781. The molecule has 4 nitrogen and oxygen atoms in total. The minimum absolute atomic E-state index is 0.0317. The summed E-state index contributed by atoms with van der Waals surface area (Å²) >= 11 is 0. The summed E-state index contributed by atoms with van der Waals surface area (Å²) in [5.41, 5.74) is 3.34. The lowest BCUT2D eigenvalue weighted by atomic mass is 9.93. The molecule has 1 aliphatic heterocycles. The Morgan fingerprint density at radius 1 is 1.13 bits per heavy atom. The molecule has 2 atom stereocenters. The third-order valence-electron chi connectivity index (χ3n) is 4.34. The highest BCUT2D eigenvalue weighted by molar-refractivity contribution is 5.38. The molecule has 3 aromatic rings. The average Bonchev–Trinajstić information content (AvgIpc) is 3.03. The Hall–Kier alpha value is -2.69. The highest BCUT2D eigenvalue weighted by Crippen LogP contribution is 2.37. The average molecular weight is 308 g/mol. The maximum Gasteiger partial charge on any atom is 0.222 e. The molecule has 0 radical (unpaired) electrons. The van der Waals surface area contributed by atoms with Gasteiger partial charge in [-0.15, -0.1) is 0 Å². The molecular weight excluding hydrogens is 291 g/mol. The van der Waals surface area contributed by atoms with Crippen molar-refractivity contribution in [2.45, 2.75) is 25.4 Å². The highest BCUT2D eigenvalue weighted by Gasteiger charge is 2.29. The van der Waals surface area contributed by atoms with Crippen LogP contribution in [0.4, 0.5) is 10.3 Å². The van der Waals surface area contributed by atoms with E-state index >= 15 is 0 Å². The number of halogens is 1. The number of nitrogens with one attached hydrogen (secondary N) is 1. The second-order valence-corrected chi connectivity index (χ2v) is 5.94. The molecule has 2 heterocycles. The van der Waals surface area contributed by atoms with Crippen molar-refractivity contribution in [1.29, 1.82) is 0 Å². The molecule has 1 N–H and O–H groups in total. The Morgan fingerprint density at radius 3 is 2.74 bits per heavy atom. The predicted octanol–water partition coefficient (Wildman–Crippen LogP) is 3.87. The third kappa shape index (κ3) is 2.59. The molecule has 2 unspecified atom stereocenters. The van der Waals surface area contributed by atoms with Crippen LogP contribution in [0, 0.1) is 12.7 Å². The van der Waals surface area contributed by atoms with Crippen LogP contribution < -0.4 is 5.32 Å². The van der Waals surface area contributed by atoms with Gasteiger partial charge in [0.05, 0.1) is 12.1 Å². The Labute approximate surface area is 134 Å². The second-order valence-electron chi connectivity index (χ2n) is 5.94. The summed E-state index contributed by atoms with van der Waals surface area (Å²) in [6.45, 7) is 2.07. The van der Waals surface area contributed by atoms with E-state index in [2.05, 4.69) is 46.6 Å². The fraction of sp³-hybridized carbons (Fsp3) is 0.222. The molecule has 0 spiro atoms. The van der Waals surface area contributed by atoms with Crippen LogP contribution in [0.1, 0.15) is 35.2 Å². The Bertz CT molecular complexity index is 825. The van der Waals surface area contributed by atoms with Crippen molar-refractivity contribution < 1.29 is 4.39 Å². The molecule has 116 valence electrons. The number of hydrogen-bond acceptors (Lipinski definition) is 3. The Balaban J connectivity index is 1.73. The zero-order valence-electron chi connectivity index (χ0n) is 12.8. The zero-order chi connectivity index (χ0) is 15.8. The number of fused-ring (bicyclic) bond motifs is 1. The largest absolute Gasteiger partial charge is 0.348 e. The molecule has 5 heteroatoms. The van der Waals surface area contributed by atoms with Crippen LogP contribution in [-0.2, 0) is 0 Å². The van der Waals surface area contributed by atoms with Gasteiger partial charge in [0.2, 0.25) is 5.95 Å². The van der Waals surface area contributed by atoms with Crippen LogP contribution in [0.15, 0.2) is 54.9 Å². The van der Waals surface area contributed by atoms with Gasteiger partial charge >= 0.3 is 0 Å². The number of nitrogens with zero attached hydrogens (tertiary/aromatic N) is 3. The molecule has 0 fully saturated rings. The molecule has 0 saturated heterocycles. The standard InChI is InChI=1S/C18H17FN4/c1-12-5-7-13(8-6-12)16-10-17(14-3-2-4-15(19)9-14)23-18(22-16)20-11-21-23/h2-9,11,16-17H,10H2,1H3,(H,20,21,22). The summed E-state index contributed by atoms with van der Waals surface area (Å²) in [6.07, 6.45) is 2.33. The van der Waals surface area contributed by atoms with E-state index in [1.165, 1.54) is 23.5 Å². The molecular formula is C18H17FN4. The number of aromatic nitrogens is 3. The van der Waals surface area contributed by atoms with Gasteiger partial charge in [0.15, 0.2) is 0 Å². The number of hydrogen-bond donors (Lipinski definition) is 1. The summed E-state index contributed by atoms with van der Waals surface area (Å²) in [5, 5.41) is 7.73. The van der Waals surface area contributed by atoms with Gasteiger partial charge in [0, 0.05) is 0 Å². The van der Waals surface area contributed by atoms with Crippen molar-refractivity contribution >= 4 is 5.95 Å². The fourth-order valence-electron chi connectivity index (χ4n) is 3.13. The fourth-order valence-corrected chi connectivity index (χ4v) is 3.13. The predicted molar refractivity (Wildman–Crippen MR) is 86.7 cm³/mol. The summed E-state index contributed by atoms with van der Waals surface area (Å²) in [6, 6.07) is 15.3. The maximum absolute atomic E-state index is 13.6.